The minimum absolute atomic E-state index is 0.133. The van der Waals surface area contributed by atoms with Crippen LogP contribution < -0.4 is 10.2 Å². The topological polar surface area (TPSA) is 41.1 Å². The molecule has 1 N–H and O–H groups in total. The van der Waals surface area contributed by atoms with Gasteiger partial charge >= 0.3 is 0 Å². The molecule has 0 spiro atoms. The van der Waals surface area contributed by atoms with Crippen LogP contribution in [0.25, 0.3) is 0 Å². The highest BCUT2D eigenvalue weighted by atomic mass is 35.5. The average molecular weight is 291 g/mol. The van der Waals surface area contributed by atoms with E-state index in [2.05, 4.69) is 27.1 Å². The Morgan fingerprint density at radius 3 is 2.60 bits per heavy atom. The maximum Gasteiger partial charge on any atom is 0.147 e. The van der Waals surface area contributed by atoms with Crippen LogP contribution in [0.3, 0.4) is 0 Å². The Morgan fingerprint density at radius 1 is 1.25 bits per heavy atom. The van der Waals surface area contributed by atoms with Gasteiger partial charge in [-0.1, -0.05) is 29.8 Å². The van der Waals surface area contributed by atoms with Crippen molar-refractivity contribution in [3.8, 4) is 0 Å². The number of nitrogens with one attached hydrogen (secondary N) is 1. The first-order valence-corrected chi connectivity index (χ1v) is 6.94. The zero-order valence-corrected chi connectivity index (χ0v) is 12.7. The largest absolute Gasteiger partial charge is 0.352 e. The number of hydrogen-bond acceptors (Lipinski definition) is 4. The van der Waals surface area contributed by atoms with Crippen molar-refractivity contribution in [1.82, 2.24) is 15.3 Å². The van der Waals surface area contributed by atoms with Gasteiger partial charge in [-0.2, -0.15) is 0 Å². The molecule has 2 aromatic rings. The summed E-state index contributed by atoms with van der Waals surface area (Å²) in [7, 11) is 3.89. The van der Waals surface area contributed by atoms with Crippen LogP contribution >= 0.6 is 11.6 Å². The number of aromatic nitrogens is 2. The van der Waals surface area contributed by atoms with Gasteiger partial charge in [0.1, 0.15) is 5.82 Å². The highest BCUT2D eigenvalue weighted by Crippen LogP contribution is 2.28. The number of hydrogen-bond donors (Lipinski definition) is 1. The molecular formula is C15H19ClN4. The fourth-order valence-corrected chi connectivity index (χ4v) is 2.32. The van der Waals surface area contributed by atoms with Crippen LogP contribution in [0.2, 0.25) is 5.02 Å². The van der Waals surface area contributed by atoms with E-state index in [-0.39, 0.29) is 6.04 Å². The second-order valence-corrected chi connectivity index (χ2v) is 5.11. The first-order chi connectivity index (χ1) is 9.63. The molecule has 0 radical (unpaired) electrons. The van der Waals surface area contributed by atoms with Crippen molar-refractivity contribution in [3.63, 3.8) is 0 Å². The minimum Gasteiger partial charge on any atom is -0.352 e. The van der Waals surface area contributed by atoms with Gasteiger partial charge in [-0.15, -0.1) is 0 Å². The standard InChI is InChI=1S/C15H19ClN4/c1-11(13-6-4-5-7-14(13)16)20(3)15-10-18-12(8-17-2)9-19-15/h4-7,9-11,17H,8H2,1-3H3. The summed E-state index contributed by atoms with van der Waals surface area (Å²) in [6, 6.07) is 8.00. The van der Waals surface area contributed by atoms with Crippen LogP contribution in [-0.2, 0) is 6.54 Å². The lowest BCUT2D eigenvalue weighted by atomic mass is 10.1. The molecule has 4 nitrogen and oxygen atoms in total. The molecule has 0 amide bonds. The summed E-state index contributed by atoms with van der Waals surface area (Å²) in [5.74, 6) is 0.831. The Hall–Kier alpha value is -1.65. The van der Waals surface area contributed by atoms with Crippen molar-refractivity contribution in [2.75, 3.05) is 19.0 Å². The molecule has 1 unspecified atom stereocenters. The molecular weight excluding hydrogens is 272 g/mol. The Labute approximate surface area is 124 Å². The van der Waals surface area contributed by atoms with Gasteiger partial charge in [0.05, 0.1) is 24.1 Å². The summed E-state index contributed by atoms with van der Waals surface area (Å²) < 4.78 is 0. The first-order valence-electron chi connectivity index (χ1n) is 6.56. The van der Waals surface area contributed by atoms with Crippen molar-refractivity contribution in [2.45, 2.75) is 19.5 Å². The molecule has 0 saturated carbocycles. The van der Waals surface area contributed by atoms with Gasteiger partial charge in [0, 0.05) is 18.6 Å². The monoisotopic (exact) mass is 290 g/mol. The van der Waals surface area contributed by atoms with E-state index in [1.807, 2.05) is 38.4 Å². The maximum absolute atomic E-state index is 6.25. The summed E-state index contributed by atoms with van der Waals surface area (Å²) in [4.78, 5) is 10.9. The maximum atomic E-state index is 6.25. The van der Waals surface area contributed by atoms with Gasteiger partial charge in [0.15, 0.2) is 0 Å². The highest BCUT2D eigenvalue weighted by molar-refractivity contribution is 6.31. The minimum atomic E-state index is 0.133. The van der Waals surface area contributed by atoms with Crippen LogP contribution in [0, 0.1) is 0 Å². The summed E-state index contributed by atoms with van der Waals surface area (Å²) in [6.07, 6.45) is 3.58. The van der Waals surface area contributed by atoms with Crippen LogP contribution in [0.5, 0.6) is 0 Å². The van der Waals surface area contributed by atoms with E-state index in [1.165, 1.54) is 0 Å². The molecule has 106 valence electrons. The molecule has 1 atom stereocenters. The van der Waals surface area contributed by atoms with E-state index >= 15 is 0 Å². The second kappa shape index (κ2) is 6.68. The van der Waals surface area contributed by atoms with E-state index in [4.69, 9.17) is 11.6 Å². The number of benzene rings is 1. The van der Waals surface area contributed by atoms with Gasteiger partial charge in [-0.25, -0.2) is 4.98 Å². The summed E-state index contributed by atoms with van der Waals surface area (Å²) in [5.41, 5.74) is 2.01. The van der Waals surface area contributed by atoms with Crippen LogP contribution in [0.1, 0.15) is 24.2 Å². The molecule has 0 aliphatic rings. The third-order valence-electron chi connectivity index (χ3n) is 3.35. The van der Waals surface area contributed by atoms with Crippen molar-refractivity contribution >= 4 is 17.4 Å². The average Bonchev–Trinajstić information content (AvgIpc) is 2.47. The predicted octanol–water partition coefficient (Wildman–Crippen LogP) is 3.05. The second-order valence-electron chi connectivity index (χ2n) is 4.70. The number of nitrogens with zero attached hydrogens (tertiary/aromatic N) is 3. The fourth-order valence-electron chi connectivity index (χ4n) is 2.02. The summed E-state index contributed by atoms with van der Waals surface area (Å²) in [5, 5.41) is 3.83. The molecule has 1 aromatic carbocycles. The Balaban J connectivity index is 2.18. The Bertz CT molecular complexity index is 556. The molecule has 1 heterocycles. The Kier molecular flexibility index (Phi) is 4.93. The number of anilines is 1. The molecule has 0 bridgehead atoms. The normalized spacial score (nSPS) is 12.2. The van der Waals surface area contributed by atoms with E-state index < -0.39 is 0 Å². The van der Waals surface area contributed by atoms with Gasteiger partial charge in [0.25, 0.3) is 0 Å². The lowest BCUT2D eigenvalue weighted by Gasteiger charge is -2.26. The molecule has 1 aromatic heterocycles. The first kappa shape index (κ1) is 14.8. The SMILES string of the molecule is CNCc1cnc(N(C)C(C)c2ccccc2Cl)cn1. The number of rotatable bonds is 5. The lowest BCUT2D eigenvalue weighted by Crippen LogP contribution is -2.23. The van der Waals surface area contributed by atoms with Gasteiger partial charge in [0.2, 0.25) is 0 Å². The molecule has 20 heavy (non-hydrogen) atoms. The third kappa shape index (κ3) is 3.26. The molecule has 5 heteroatoms. The van der Waals surface area contributed by atoms with E-state index in [1.54, 1.807) is 12.4 Å². The van der Waals surface area contributed by atoms with Gasteiger partial charge < -0.3 is 10.2 Å². The molecule has 0 fully saturated rings. The fraction of sp³-hybridized carbons (Fsp3) is 0.333. The zero-order chi connectivity index (χ0) is 14.5. The van der Waals surface area contributed by atoms with Crippen LogP contribution in [0.15, 0.2) is 36.7 Å². The number of halogens is 1. The quantitative estimate of drug-likeness (QED) is 0.919. The van der Waals surface area contributed by atoms with Crippen LogP contribution in [-0.4, -0.2) is 24.1 Å². The van der Waals surface area contributed by atoms with Gasteiger partial charge in [-0.3, -0.25) is 4.98 Å². The van der Waals surface area contributed by atoms with Crippen molar-refractivity contribution in [3.05, 3.63) is 52.9 Å². The highest BCUT2D eigenvalue weighted by Gasteiger charge is 2.16. The van der Waals surface area contributed by atoms with Crippen molar-refractivity contribution < 1.29 is 0 Å². The third-order valence-corrected chi connectivity index (χ3v) is 3.69. The molecule has 0 aliphatic carbocycles. The van der Waals surface area contributed by atoms with Crippen molar-refractivity contribution in [1.29, 1.82) is 0 Å². The van der Waals surface area contributed by atoms with Crippen molar-refractivity contribution in [2.24, 2.45) is 0 Å². The summed E-state index contributed by atoms with van der Waals surface area (Å²) in [6.45, 7) is 2.82. The molecule has 0 aliphatic heterocycles. The van der Waals surface area contributed by atoms with E-state index in [0.29, 0.717) is 0 Å². The lowest BCUT2D eigenvalue weighted by molar-refractivity contribution is 0.720. The smallest absolute Gasteiger partial charge is 0.147 e. The predicted molar refractivity (Wildman–Crippen MR) is 83.1 cm³/mol. The zero-order valence-electron chi connectivity index (χ0n) is 12.0. The van der Waals surface area contributed by atoms with Crippen LogP contribution in [0.4, 0.5) is 5.82 Å². The van der Waals surface area contributed by atoms with E-state index in [9.17, 15) is 0 Å². The molecule has 0 saturated heterocycles. The molecule has 2 rings (SSSR count). The van der Waals surface area contributed by atoms with E-state index in [0.717, 1.165) is 28.6 Å². The summed E-state index contributed by atoms with van der Waals surface area (Å²) >= 11 is 6.25. The Morgan fingerprint density at radius 2 is 2.00 bits per heavy atom. The van der Waals surface area contributed by atoms with Gasteiger partial charge in [-0.05, 0) is 25.6 Å².